The molecule has 0 bridgehead atoms. The van der Waals surface area contributed by atoms with Crippen molar-refractivity contribution in [3.05, 3.63) is 31.1 Å². The zero-order valence-electron chi connectivity index (χ0n) is 7.10. The van der Waals surface area contributed by atoms with Crippen LogP contribution in [-0.2, 0) is 0 Å². The minimum absolute atomic E-state index is 0. The summed E-state index contributed by atoms with van der Waals surface area (Å²) in [5, 5.41) is 0. The lowest BCUT2D eigenvalue weighted by Gasteiger charge is -1.99. The van der Waals surface area contributed by atoms with Gasteiger partial charge < -0.3 is 9.15 Å². The van der Waals surface area contributed by atoms with E-state index < -0.39 is 0 Å². The van der Waals surface area contributed by atoms with Crippen molar-refractivity contribution < 1.29 is 9.15 Å². The summed E-state index contributed by atoms with van der Waals surface area (Å²) in [7, 11) is 1.60. The number of oxazole rings is 1. The highest BCUT2D eigenvalue weighted by Crippen LogP contribution is 2.21. The molecule has 0 unspecified atom stereocenters. The predicted molar refractivity (Wildman–Crippen MR) is 53.0 cm³/mol. The number of nitrogens with zero attached hydrogens (tertiary/aromatic N) is 2. The molecule has 14 heavy (non-hydrogen) atoms. The van der Waals surface area contributed by atoms with Gasteiger partial charge in [0.25, 0.3) is 0 Å². The van der Waals surface area contributed by atoms with Crippen LogP contribution in [0.1, 0.15) is 7.43 Å². The first-order valence-corrected chi connectivity index (χ1v) is 3.78. The summed E-state index contributed by atoms with van der Waals surface area (Å²) in [4.78, 5) is 7.82. The van der Waals surface area contributed by atoms with Crippen LogP contribution in [0.4, 0.5) is 0 Å². The number of ether oxygens (including phenoxy) is 1. The topological polar surface area (TPSA) is 48.2 Å². The average Bonchev–Trinajstić information content (AvgIpc) is 2.71. The molecule has 0 saturated heterocycles. The maximum Gasteiger partial charge on any atom is 0.181 e. The summed E-state index contributed by atoms with van der Waals surface area (Å²) < 4.78 is 10.1. The number of pyridine rings is 1. The molecule has 74 valence electrons. The quantitative estimate of drug-likeness (QED) is 0.732. The molecular formula is C10H12N2O2. The van der Waals surface area contributed by atoms with Crippen molar-refractivity contribution in [2.45, 2.75) is 7.43 Å². The molecule has 2 aromatic rings. The smallest absolute Gasteiger partial charge is 0.181 e. The number of methoxy groups -OCH3 is 1. The van der Waals surface area contributed by atoms with E-state index in [0.29, 0.717) is 11.5 Å². The van der Waals surface area contributed by atoms with Crippen molar-refractivity contribution in [1.82, 2.24) is 9.97 Å². The van der Waals surface area contributed by atoms with Crippen molar-refractivity contribution in [3.8, 4) is 17.1 Å². The fourth-order valence-electron chi connectivity index (χ4n) is 1.02. The van der Waals surface area contributed by atoms with E-state index in [-0.39, 0.29) is 7.43 Å². The zero-order valence-corrected chi connectivity index (χ0v) is 7.10. The van der Waals surface area contributed by atoms with Crippen LogP contribution in [0.2, 0.25) is 0 Å². The van der Waals surface area contributed by atoms with Crippen LogP contribution in [0.25, 0.3) is 11.3 Å². The van der Waals surface area contributed by atoms with E-state index in [1.54, 1.807) is 25.7 Å². The van der Waals surface area contributed by atoms with Gasteiger partial charge >= 0.3 is 0 Å². The molecule has 4 nitrogen and oxygen atoms in total. The molecule has 0 amide bonds. The molecule has 0 saturated carbocycles. The van der Waals surface area contributed by atoms with E-state index in [1.165, 1.54) is 6.39 Å². The molecule has 2 rings (SSSR count). The molecule has 0 N–H and O–H groups in total. The Bertz CT molecular complexity index is 385. The number of rotatable bonds is 2. The average molecular weight is 192 g/mol. The SMILES string of the molecule is C.COc1cncc(-c2cnco2)c1. The lowest BCUT2D eigenvalue weighted by molar-refractivity contribution is 0.413. The number of hydrogen-bond donors (Lipinski definition) is 0. The highest BCUT2D eigenvalue weighted by atomic mass is 16.5. The summed E-state index contributed by atoms with van der Waals surface area (Å²) >= 11 is 0. The Morgan fingerprint density at radius 3 is 2.71 bits per heavy atom. The third-order valence-electron chi connectivity index (χ3n) is 1.67. The Labute approximate surface area is 82.6 Å². The second-order valence-corrected chi connectivity index (χ2v) is 2.48. The first-order chi connectivity index (χ1) is 6.40. The van der Waals surface area contributed by atoms with Gasteiger partial charge in [0.15, 0.2) is 12.2 Å². The lowest BCUT2D eigenvalue weighted by Crippen LogP contribution is -1.84. The Hall–Kier alpha value is -1.84. The standard InChI is InChI=1S/C9H8N2O2.CH4/c1-12-8-2-7(3-10-4-8)9-5-11-6-13-9;/h2-6H,1H3;1H4. The van der Waals surface area contributed by atoms with Crippen LogP contribution < -0.4 is 4.74 Å². The fourth-order valence-corrected chi connectivity index (χ4v) is 1.02. The molecule has 0 spiro atoms. The van der Waals surface area contributed by atoms with Gasteiger partial charge in [0.2, 0.25) is 0 Å². The van der Waals surface area contributed by atoms with E-state index in [2.05, 4.69) is 9.97 Å². The van der Waals surface area contributed by atoms with Crippen LogP contribution in [0.15, 0.2) is 35.5 Å². The zero-order chi connectivity index (χ0) is 9.10. The molecule has 0 aromatic carbocycles. The monoisotopic (exact) mass is 192 g/mol. The summed E-state index contributed by atoms with van der Waals surface area (Å²) in [6.07, 6.45) is 6.36. The van der Waals surface area contributed by atoms with Gasteiger partial charge in [0, 0.05) is 11.8 Å². The largest absolute Gasteiger partial charge is 0.495 e. The number of hydrogen-bond acceptors (Lipinski definition) is 4. The van der Waals surface area contributed by atoms with Crippen LogP contribution in [0.3, 0.4) is 0 Å². The minimum atomic E-state index is 0. The van der Waals surface area contributed by atoms with E-state index >= 15 is 0 Å². The normalized spacial score (nSPS) is 9.21. The molecule has 0 radical (unpaired) electrons. The Kier molecular flexibility index (Phi) is 3.23. The van der Waals surface area contributed by atoms with Crippen molar-refractivity contribution in [3.63, 3.8) is 0 Å². The number of aromatic nitrogens is 2. The predicted octanol–water partition coefficient (Wildman–Crippen LogP) is 2.38. The molecule has 0 aliphatic carbocycles. The van der Waals surface area contributed by atoms with E-state index in [1.807, 2.05) is 6.07 Å². The van der Waals surface area contributed by atoms with Gasteiger partial charge in [0.1, 0.15) is 5.75 Å². The molecule has 0 aliphatic heterocycles. The highest BCUT2D eigenvalue weighted by Gasteiger charge is 2.02. The first-order valence-electron chi connectivity index (χ1n) is 3.78. The first kappa shape index (κ1) is 10.2. The third-order valence-corrected chi connectivity index (χ3v) is 1.67. The highest BCUT2D eigenvalue weighted by molar-refractivity contribution is 5.56. The van der Waals surface area contributed by atoms with Gasteiger partial charge in [-0.25, -0.2) is 4.98 Å². The van der Waals surface area contributed by atoms with Gasteiger partial charge in [-0.15, -0.1) is 0 Å². The molecule has 0 atom stereocenters. The summed E-state index contributed by atoms with van der Waals surface area (Å²) in [5.41, 5.74) is 0.858. The fraction of sp³-hybridized carbons (Fsp3) is 0.200. The molecule has 4 heteroatoms. The Morgan fingerprint density at radius 1 is 1.21 bits per heavy atom. The Balaban J connectivity index is 0.000000980. The van der Waals surface area contributed by atoms with E-state index in [9.17, 15) is 0 Å². The summed E-state index contributed by atoms with van der Waals surface area (Å²) in [6, 6.07) is 1.84. The second-order valence-electron chi connectivity index (χ2n) is 2.48. The van der Waals surface area contributed by atoms with Crippen molar-refractivity contribution in [1.29, 1.82) is 0 Å². The Morgan fingerprint density at radius 2 is 2.07 bits per heavy atom. The van der Waals surface area contributed by atoms with Crippen molar-refractivity contribution in [2.24, 2.45) is 0 Å². The molecular weight excluding hydrogens is 180 g/mol. The van der Waals surface area contributed by atoms with Gasteiger partial charge in [-0.3, -0.25) is 4.98 Å². The van der Waals surface area contributed by atoms with Crippen LogP contribution >= 0.6 is 0 Å². The summed E-state index contributed by atoms with van der Waals surface area (Å²) in [5.74, 6) is 1.39. The summed E-state index contributed by atoms with van der Waals surface area (Å²) in [6.45, 7) is 0. The molecule has 0 fully saturated rings. The van der Waals surface area contributed by atoms with Crippen LogP contribution in [0.5, 0.6) is 5.75 Å². The molecule has 0 aliphatic rings. The third kappa shape index (κ3) is 1.90. The van der Waals surface area contributed by atoms with Crippen molar-refractivity contribution >= 4 is 0 Å². The molecule has 2 heterocycles. The van der Waals surface area contributed by atoms with Crippen molar-refractivity contribution in [2.75, 3.05) is 7.11 Å². The maximum absolute atomic E-state index is 5.11. The van der Waals surface area contributed by atoms with Gasteiger partial charge in [0.05, 0.1) is 19.5 Å². The van der Waals surface area contributed by atoms with E-state index in [0.717, 1.165) is 5.56 Å². The minimum Gasteiger partial charge on any atom is -0.495 e. The van der Waals surface area contributed by atoms with E-state index in [4.69, 9.17) is 9.15 Å². The van der Waals surface area contributed by atoms with Gasteiger partial charge in [-0.1, -0.05) is 7.43 Å². The lowest BCUT2D eigenvalue weighted by atomic mass is 10.2. The second kappa shape index (κ2) is 4.41. The van der Waals surface area contributed by atoms with Gasteiger partial charge in [-0.05, 0) is 6.07 Å². The molecule has 2 aromatic heterocycles. The van der Waals surface area contributed by atoms with Crippen LogP contribution in [0, 0.1) is 0 Å². The van der Waals surface area contributed by atoms with Crippen LogP contribution in [-0.4, -0.2) is 17.1 Å². The van der Waals surface area contributed by atoms with Gasteiger partial charge in [-0.2, -0.15) is 0 Å². The maximum atomic E-state index is 5.11.